The van der Waals surface area contributed by atoms with E-state index in [9.17, 15) is 13.6 Å². The van der Waals surface area contributed by atoms with Gasteiger partial charge in [0.05, 0.1) is 0 Å². The topological polar surface area (TPSA) is 55.1 Å². The van der Waals surface area contributed by atoms with E-state index in [1.807, 2.05) is 5.43 Å². The molecule has 0 aliphatic rings. The van der Waals surface area contributed by atoms with Crippen LogP contribution < -0.4 is 11.3 Å². The van der Waals surface area contributed by atoms with Crippen molar-refractivity contribution < 1.29 is 13.6 Å². The number of nitrogens with one attached hydrogen (secondary N) is 1. The summed E-state index contributed by atoms with van der Waals surface area (Å²) in [6, 6.07) is 3.22. The fourth-order valence-electron chi connectivity index (χ4n) is 1.15. The van der Waals surface area contributed by atoms with Gasteiger partial charge in [-0.1, -0.05) is 6.92 Å². The Morgan fingerprint density at radius 1 is 1.56 bits per heavy atom. The second-order valence-electron chi connectivity index (χ2n) is 3.27. The molecule has 6 heteroatoms. The van der Waals surface area contributed by atoms with Crippen molar-refractivity contribution in [2.24, 2.45) is 5.84 Å². The Morgan fingerprint density at radius 2 is 2.25 bits per heavy atom. The molecule has 1 aromatic rings. The third kappa shape index (κ3) is 3.79. The summed E-state index contributed by atoms with van der Waals surface area (Å²) in [5.74, 6) is 3.59. The number of thioether (sulfide) groups is 1. The van der Waals surface area contributed by atoms with E-state index in [1.54, 1.807) is 6.92 Å². The molecule has 0 aliphatic carbocycles. The lowest BCUT2D eigenvalue weighted by Gasteiger charge is -2.10. The normalized spacial score (nSPS) is 12.2. The van der Waals surface area contributed by atoms with E-state index in [4.69, 9.17) is 5.84 Å². The molecular weight excluding hydrogens is 234 g/mol. The number of benzene rings is 1. The summed E-state index contributed by atoms with van der Waals surface area (Å²) in [5, 5.41) is -0.181. The molecule has 0 bridgehead atoms. The van der Waals surface area contributed by atoms with Crippen molar-refractivity contribution in [2.45, 2.75) is 23.5 Å². The van der Waals surface area contributed by atoms with E-state index in [0.29, 0.717) is 0 Å². The summed E-state index contributed by atoms with van der Waals surface area (Å²) in [5.41, 5.74) is 1.99. The highest BCUT2D eigenvalue weighted by Gasteiger charge is 2.12. The Labute approximate surface area is 96.4 Å². The number of carbonyl (C=O) groups excluding carboxylic acids is 1. The Bertz CT molecular complexity index is 387. The Balaban J connectivity index is 2.65. The summed E-state index contributed by atoms with van der Waals surface area (Å²) >= 11 is 1.10. The summed E-state index contributed by atoms with van der Waals surface area (Å²) in [4.78, 5) is 11.1. The highest BCUT2D eigenvalue weighted by atomic mass is 32.2. The molecule has 16 heavy (non-hydrogen) atoms. The van der Waals surface area contributed by atoms with Crippen LogP contribution in [0.3, 0.4) is 0 Å². The first-order valence-corrected chi connectivity index (χ1v) is 5.52. The first-order chi connectivity index (χ1) is 7.52. The smallest absolute Gasteiger partial charge is 0.234 e. The van der Waals surface area contributed by atoms with E-state index < -0.39 is 11.6 Å². The maximum Gasteiger partial charge on any atom is 0.234 e. The molecule has 1 atom stereocenters. The number of nitrogens with two attached hydrogens (primary N) is 1. The monoisotopic (exact) mass is 246 g/mol. The molecule has 1 unspecified atom stereocenters. The van der Waals surface area contributed by atoms with Crippen LogP contribution in [-0.2, 0) is 4.79 Å². The van der Waals surface area contributed by atoms with Gasteiger partial charge in [-0.05, 0) is 18.2 Å². The highest BCUT2D eigenvalue weighted by Crippen LogP contribution is 2.28. The van der Waals surface area contributed by atoms with Crippen LogP contribution in [0.1, 0.15) is 13.3 Å². The third-order valence-corrected chi connectivity index (χ3v) is 2.99. The Morgan fingerprint density at radius 3 is 2.88 bits per heavy atom. The quantitative estimate of drug-likeness (QED) is 0.369. The number of halogens is 2. The number of hydrogen-bond donors (Lipinski definition) is 2. The second-order valence-corrected chi connectivity index (χ2v) is 4.76. The average molecular weight is 246 g/mol. The summed E-state index contributed by atoms with van der Waals surface area (Å²) in [6.07, 6.45) is 0.150. The fourth-order valence-corrected chi connectivity index (χ4v) is 2.18. The van der Waals surface area contributed by atoms with Crippen LogP contribution in [-0.4, -0.2) is 11.2 Å². The molecule has 0 saturated heterocycles. The first kappa shape index (κ1) is 12.9. The maximum absolute atomic E-state index is 13.2. The standard InChI is InChI=1S/C10H12F2N2OS/c1-6(4-10(15)14-13)16-9-5-7(11)2-3-8(9)12/h2-3,5-6H,4,13H2,1H3,(H,14,15). The Hall–Kier alpha value is -1.14. The molecule has 1 rings (SSSR count). The van der Waals surface area contributed by atoms with Crippen molar-refractivity contribution in [3.05, 3.63) is 29.8 Å². The number of rotatable bonds is 4. The van der Waals surface area contributed by atoms with Gasteiger partial charge in [-0.15, -0.1) is 11.8 Å². The van der Waals surface area contributed by atoms with Crippen LogP contribution in [0.15, 0.2) is 23.1 Å². The van der Waals surface area contributed by atoms with Gasteiger partial charge in [0.2, 0.25) is 5.91 Å². The van der Waals surface area contributed by atoms with Crippen LogP contribution in [0, 0.1) is 11.6 Å². The van der Waals surface area contributed by atoms with Crippen LogP contribution in [0.5, 0.6) is 0 Å². The van der Waals surface area contributed by atoms with Crippen molar-refractivity contribution in [1.29, 1.82) is 0 Å². The minimum atomic E-state index is -0.501. The molecule has 3 nitrogen and oxygen atoms in total. The van der Waals surface area contributed by atoms with Crippen molar-refractivity contribution in [3.63, 3.8) is 0 Å². The summed E-state index contributed by atoms with van der Waals surface area (Å²) in [7, 11) is 0. The van der Waals surface area contributed by atoms with Crippen molar-refractivity contribution in [2.75, 3.05) is 0 Å². The zero-order valence-corrected chi connectivity index (χ0v) is 9.48. The van der Waals surface area contributed by atoms with E-state index >= 15 is 0 Å². The first-order valence-electron chi connectivity index (χ1n) is 4.64. The van der Waals surface area contributed by atoms with Gasteiger partial charge in [0.25, 0.3) is 0 Å². The van der Waals surface area contributed by atoms with Crippen LogP contribution in [0.2, 0.25) is 0 Å². The predicted molar refractivity (Wildman–Crippen MR) is 58.6 cm³/mol. The molecule has 0 aliphatic heterocycles. The van der Waals surface area contributed by atoms with Gasteiger partial charge in [0, 0.05) is 16.6 Å². The Kier molecular flexibility index (Phi) is 4.70. The van der Waals surface area contributed by atoms with E-state index in [-0.39, 0.29) is 22.5 Å². The third-order valence-electron chi connectivity index (χ3n) is 1.86. The van der Waals surface area contributed by atoms with Crippen LogP contribution in [0.25, 0.3) is 0 Å². The molecule has 3 N–H and O–H groups in total. The molecule has 88 valence electrons. The molecule has 0 heterocycles. The average Bonchev–Trinajstić information content (AvgIpc) is 2.23. The number of carbonyl (C=O) groups is 1. The van der Waals surface area contributed by atoms with Crippen LogP contribution in [0.4, 0.5) is 8.78 Å². The van der Waals surface area contributed by atoms with Gasteiger partial charge in [0.15, 0.2) is 0 Å². The predicted octanol–water partition coefficient (Wildman–Crippen LogP) is 1.83. The van der Waals surface area contributed by atoms with E-state index in [0.717, 1.165) is 30.0 Å². The molecule has 0 saturated carbocycles. The van der Waals surface area contributed by atoms with E-state index in [2.05, 4.69) is 0 Å². The minimum absolute atomic E-state index is 0.150. The van der Waals surface area contributed by atoms with Gasteiger partial charge in [-0.25, -0.2) is 14.6 Å². The lowest BCUT2D eigenvalue weighted by Crippen LogP contribution is -2.31. The summed E-state index contributed by atoms with van der Waals surface area (Å²) < 4.78 is 26.1. The molecule has 1 aromatic carbocycles. The molecule has 0 fully saturated rings. The zero-order chi connectivity index (χ0) is 12.1. The minimum Gasteiger partial charge on any atom is -0.294 e. The van der Waals surface area contributed by atoms with Gasteiger partial charge in [-0.2, -0.15) is 0 Å². The lowest BCUT2D eigenvalue weighted by atomic mass is 10.3. The fraction of sp³-hybridized carbons (Fsp3) is 0.300. The second kappa shape index (κ2) is 5.81. The number of hydrazine groups is 1. The SMILES string of the molecule is CC(CC(=O)NN)Sc1cc(F)ccc1F. The van der Waals surface area contributed by atoms with Crippen LogP contribution >= 0.6 is 11.8 Å². The van der Waals surface area contributed by atoms with Crippen molar-refractivity contribution in [1.82, 2.24) is 5.43 Å². The van der Waals surface area contributed by atoms with Crippen molar-refractivity contribution in [3.8, 4) is 0 Å². The van der Waals surface area contributed by atoms with Gasteiger partial charge < -0.3 is 0 Å². The lowest BCUT2D eigenvalue weighted by molar-refractivity contribution is -0.121. The largest absolute Gasteiger partial charge is 0.294 e. The molecule has 1 amide bonds. The van der Waals surface area contributed by atoms with Gasteiger partial charge >= 0.3 is 0 Å². The maximum atomic E-state index is 13.2. The molecule has 0 radical (unpaired) electrons. The van der Waals surface area contributed by atoms with Gasteiger partial charge in [0.1, 0.15) is 11.6 Å². The number of hydrogen-bond acceptors (Lipinski definition) is 3. The number of amides is 1. The summed E-state index contributed by atoms with van der Waals surface area (Å²) in [6.45, 7) is 1.74. The highest BCUT2D eigenvalue weighted by molar-refractivity contribution is 8.00. The van der Waals surface area contributed by atoms with Gasteiger partial charge in [-0.3, -0.25) is 10.2 Å². The molecule has 0 spiro atoms. The van der Waals surface area contributed by atoms with Crippen molar-refractivity contribution >= 4 is 17.7 Å². The zero-order valence-electron chi connectivity index (χ0n) is 8.67. The molecular formula is C10H12F2N2OS. The van der Waals surface area contributed by atoms with E-state index in [1.165, 1.54) is 0 Å². The molecule has 0 aromatic heterocycles.